The highest BCUT2D eigenvalue weighted by Gasteiger charge is 2.20. The standard InChI is InChI=1S/C8H12N2S2/c1-8(2,10-7(9)11)6-3-4-12-5-6/h3-5H,1-2H3,(H3,9,10,11). The lowest BCUT2D eigenvalue weighted by Gasteiger charge is -2.25. The third kappa shape index (κ3) is 2.19. The molecule has 0 aliphatic heterocycles. The van der Waals surface area contributed by atoms with E-state index < -0.39 is 0 Å². The maximum Gasteiger partial charge on any atom is 0.164 e. The first-order valence-electron chi connectivity index (χ1n) is 3.62. The molecule has 0 atom stereocenters. The number of rotatable bonds is 2. The van der Waals surface area contributed by atoms with E-state index in [2.05, 4.69) is 16.8 Å². The van der Waals surface area contributed by atoms with Gasteiger partial charge in [0.05, 0.1) is 5.54 Å². The van der Waals surface area contributed by atoms with E-state index in [1.165, 1.54) is 5.56 Å². The van der Waals surface area contributed by atoms with Crippen LogP contribution in [0, 0.1) is 0 Å². The Labute approximate surface area is 81.8 Å². The van der Waals surface area contributed by atoms with Crippen molar-refractivity contribution >= 4 is 28.7 Å². The molecule has 1 heterocycles. The van der Waals surface area contributed by atoms with Gasteiger partial charge in [0.25, 0.3) is 0 Å². The molecule has 66 valence electrons. The molecule has 0 fully saturated rings. The highest BCUT2D eigenvalue weighted by molar-refractivity contribution is 7.80. The van der Waals surface area contributed by atoms with Gasteiger partial charge in [0.2, 0.25) is 0 Å². The van der Waals surface area contributed by atoms with Gasteiger partial charge in [0, 0.05) is 0 Å². The molecule has 0 aliphatic carbocycles. The molecule has 0 aromatic carbocycles. The zero-order chi connectivity index (χ0) is 9.19. The van der Waals surface area contributed by atoms with Crippen LogP contribution in [-0.4, -0.2) is 5.11 Å². The molecule has 0 amide bonds. The smallest absolute Gasteiger partial charge is 0.164 e. The highest BCUT2D eigenvalue weighted by atomic mass is 32.1. The van der Waals surface area contributed by atoms with Crippen molar-refractivity contribution in [2.45, 2.75) is 19.4 Å². The van der Waals surface area contributed by atoms with Crippen LogP contribution in [0.5, 0.6) is 0 Å². The summed E-state index contributed by atoms with van der Waals surface area (Å²) in [7, 11) is 0. The lowest BCUT2D eigenvalue weighted by atomic mass is 9.98. The van der Waals surface area contributed by atoms with Crippen LogP contribution in [0.25, 0.3) is 0 Å². The second kappa shape index (κ2) is 3.41. The van der Waals surface area contributed by atoms with Crippen LogP contribution < -0.4 is 11.1 Å². The summed E-state index contributed by atoms with van der Waals surface area (Å²) >= 11 is 6.46. The van der Waals surface area contributed by atoms with Gasteiger partial charge in [-0.3, -0.25) is 0 Å². The fourth-order valence-corrected chi connectivity index (χ4v) is 2.08. The van der Waals surface area contributed by atoms with Gasteiger partial charge in [-0.25, -0.2) is 0 Å². The van der Waals surface area contributed by atoms with Gasteiger partial charge in [0.15, 0.2) is 5.11 Å². The molecule has 0 saturated heterocycles. The molecule has 2 nitrogen and oxygen atoms in total. The van der Waals surface area contributed by atoms with Gasteiger partial charge in [-0.2, -0.15) is 11.3 Å². The number of thiophene rings is 1. The zero-order valence-corrected chi connectivity index (χ0v) is 8.76. The molecule has 0 aliphatic rings. The summed E-state index contributed by atoms with van der Waals surface area (Å²) in [4.78, 5) is 0. The summed E-state index contributed by atoms with van der Waals surface area (Å²) in [5, 5.41) is 7.51. The van der Waals surface area contributed by atoms with Crippen molar-refractivity contribution in [3.05, 3.63) is 22.4 Å². The maximum absolute atomic E-state index is 5.41. The van der Waals surface area contributed by atoms with Crippen molar-refractivity contribution in [3.8, 4) is 0 Å². The Hall–Kier alpha value is -0.610. The monoisotopic (exact) mass is 200 g/mol. The minimum Gasteiger partial charge on any atom is -0.376 e. The van der Waals surface area contributed by atoms with E-state index in [9.17, 15) is 0 Å². The average Bonchev–Trinajstić information content (AvgIpc) is 2.32. The van der Waals surface area contributed by atoms with Crippen LogP contribution in [0.4, 0.5) is 0 Å². The van der Waals surface area contributed by atoms with Crippen LogP contribution in [0.3, 0.4) is 0 Å². The number of thiocarbonyl (C=S) groups is 1. The molecule has 4 heteroatoms. The van der Waals surface area contributed by atoms with Crippen molar-refractivity contribution < 1.29 is 0 Å². The van der Waals surface area contributed by atoms with Crippen LogP contribution in [0.15, 0.2) is 16.8 Å². The fourth-order valence-electron chi connectivity index (χ4n) is 1.00. The molecule has 0 bridgehead atoms. The van der Waals surface area contributed by atoms with Crippen molar-refractivity contribution in [2.75, 3.05) is 0 Å². The van der Waals surface area contributed by atoms with Crippen molar-refractivity contribution in [1.29, 1.82) is 0 Å². The number of hydrogen-bond donors (Lipinski definition) is 2. The normalized spacial score (nSPS) is 11.2. The van der Waals surface area contributed by atoms with Gasteiger partial charge >= 0.3 is 0 Å². The van der Waals surface area contributed by atoms with E-state index in [1.807, 2.05) is 19.2 Å². The van der Waals surface area contributed by atoms with Crippen LogP contribution in [-0.2, 0) is 5.54 Å². The Morgan fingerprint density at radius 1 is 1.67 bits per heavy atom. The van der Waals surface area contributed by atoms with Gasteiger partial charge in [-0.15, -0.1) is 0 Å². The first-order valence-corrected chi connectivity index (χ1v) is 4.98. The Kier molecular flexibility index (Phi) is 2.69. The van der Waals surface area contributed by atoms with E-state index in [0.29, 0.717) is 5.11 Å². The third-order valence-corrected chi connectivity index (χ3v) is 2.46. The van der Waals surface area contributed by atoms with Crippen LogP contribution in [0.2, 0.25) is 0 Å². The first-order chi connectivity index (χ1) is 5.52. The summed E-state index contributed by atoms with van der Waals surface area (Å²) in [5.41, 5.74) is 6.46. The van der Waals surface area contributed by atoms with E-state index in [1.54, 1.807) is 11.3 Å². The molecule has 1 aromatic rings. The molecule has 3 N–H and O–H groups in total. The lowest BCUT2D eigenvalue weighted by molar-refractivity contribution is 0.489. The Morgan fingerprint density at radius 3 is 2.75 bits per heavy atom. The number of hydrogen-bond acceptors (Lipinski definition) is 2. The quantitative estimate of drug-likeness (QED) is 0.715. The SMILES string of the molecule is CC(C)(NC(N)=S)c1ccsc1. The average molecular weight is 200 g/mol. The van der Waals surface area contributed by atoms with E-state index in [-0.39, 0.29) is 5.54 Å². The molecular formula is C8H12N2S2. The molecule has 0 spiro atoms. The minimum absolute atomic E-state index is 0.161. The third-order valence-electron chi connectivity index (χ3n) is 1.68. The topological polar surface area (TPSA) is 38.0 Å². The highest BCUT2D eigenvalue weighted by Crippen LogP contribution is 2.21. The van der Waals surface area contributed by atoms with Crippen molar-refractivity contribution in [2.24, 2.45) is 5.73 Å². The van der Waals surface area contributed by atoms with Gasteiger partial charge in [-0.1, -0.05) is 0 Å². The summed E-state index contributed by atoms with van der Waals surface area (Å²) in [6, 6.07) is 2.07. The predicted octanol–water partition coefficient (Wildman–Crippen LogP) is 1.82. The summed E-state index contributed by atoms with van der Waals surface area (Å²) in [5.74, 6) is 0. The second-order valence-corrected chi connectivity index (χ2v) is 4.35. The summed E-state index contributed by atoms with van der Waals surface area (Å²) in [6.07, 6.45) is 0. The summed E-state index contributed by atoms with van der Waals surface area (Å²) in [6.45, 7) is 4.10. The van der Waals surface area contributed by atoms with Gasteiger partial charge in [0.1, 0.15) is 0 Å². The molecule has 1 aromatic heterocycles. The van der Waals surface area contributed by atoms with Crippen molar-refractivity contribution in [3.63, 3.8) is 0 Å². The Balaban J connectivity index is 2.79. The Morgan fingerprint density at radius 2 is 2.33 bits per heavy atom. The maximum atomic E-state index is 5.41. The van der Waals surface area contributed by atoms with Crippen molar-refractivity contribution in [1.82, 2.24) is 5.32 Å². The number of nitrogens with one attached hydrogen (secondary N) is 1. The largest absolute Gasteiger partial charge is 0.376 e. The van der Waals surface area contributed by atoms with Gasteiger partial charge < -0.3 is 11.1 Å². The van der Waals surface area contributed by atoms with E-state index in [0.717, 1.165) is 0 Å². The summed E-state index contributed by atoms with van der Waals surface area (Å²) < 4.78 is 0. The lowest BCUT2D eigenvalue weighted by Crippen LogP contribution is -2.43. The van der Waals surface area contributed by atoms with E-state index >= 15 is 0 Å². The second-order valence-electron chi connectivity index (χ2n) is 3.13. The molecular weight excluding hydrogens is 188 g/mol. The van der Waals surface area contributed by atoms with Crippen LogP contribution in [0.1, 0.15) is 19.4 Å². The molecule has 0 unspecified atom stereocenters. The van der Waals surface area contributed by atoms with E-state index in [4.69, 9.17) is 18.0 Å². The minimum atomic E-state index is -0.161. The molecule has 0 saturated carbocycles. The molecule has 0 radical (unpaired) electrons. The Bertz CT molecular complexity index is 265. The fraction of sp³-hybridized carbons (Fsp3) is 0.375. The zero-order valence-electron chi connectivity index (χ0n) is 7.13. The number of nitrogens with two attached hydrogens (primary N) is 1. The van der Waals surface area contributed by atoms with Crippen LogP contribution >= 0.6 is 23.6 Å². The molecule has 12 heavy (non-hydrogen) atoms. The first kappa shape index (κ1) is 9.48. The predicted molar refractivity (Wildman–Crippen MR) is 57.3 cm³/mol. The van der Waals surface area contributed by atoms with Gasteiger partial charge in [-0.05, 0) is 48.5 Å². The molecule has 1 rings (SSSR count).